The summed E-state index contributed by atoms with van der Waals surface area (Å²) in [5.74, 6) is 0.818. The van der Waals surface area contributed by atoms with Crippen LogP contribution in [0.5, 0.6) is 0 Å². The molecular formula is C17H34N4O3. The molecule has 7 heteroatoms. The van der Waals surface area contributed by atoms with Crippen molar-refractivity contribution in [1.82, 2.24) is 15.5 Å². The van der Waals surface area contributed by atoms with Crippen molar-refractivity contribution in [3.8, 4) is 0 Å². The molecule has 0 aromatic carbocycles. The third-order valence-electron chi connectivity index (χ3n) is 3.99. The summed E-state index contributed by atoms with van der Waals surface area (Å²) in [6.07, 6.45) is 4.86. The van der Waals surface area contributed by atoms with Crippen molar-refractivity contribution in [2.24, 2.45) is 4.99 Å². The van der Waals surface area contributed by atoms with Crippen molar-refractivity contribution < 1.29 is 14.3 Å². The molecule has 0 bridgehead atoms. The second-order valence-electron chi connectivity index (χ2n) is 5.92. The van der Waals surface area contributed by atoms with E-state index >= 15 is 0 Å². The largest absolute Gasteiger partial charge is 0.450 e. The van der Waals surface area contributed by atoms with Crippen LogP contribution in [0.4, 0.5) is 4.79 Å². The fraction of sp³-hybridized carbons (Fsp3) is 0.882. The number of hydrogen-bond donors (Lipinski definition) is 2. The first-order valence-corrected chi connectivity index (χ1v) is 9.17. The van der Waals surface area contributed by atoms with Crippen LogP contribution >= 0.6 is 0 Å². The number of guanidine groups is 1. The van der Waals surface area contributed by atoms with Gasteiger partial charge in [0.1, 0.15) is 0 Å². The first-order valence-electron chi connectivity index (χ1n) is 9.17. The molecule has 1 saturated heterocycles. The van der Waals surface area contributed by atoms with E-state index in [9.17, 15) is 4.79 Å². The number of unbranched alkanes of at least 4 members (excludes halogenated alkanes) is 1. The Morgan fingerprint density at radius 3 is 2.54 bits per heavy atom. The molecule has 7 nitrogen and oxygen atoms in total. The Bertz CT molecular complexity index is 369. The number of rotatable bonds is 9. The van der Waals surface area contributed by atoms with Crippen LogP contribution in [0.3, 0.4) is 0 Å². The van der Waals surface area contributed by atoms with Crippen molar-refractivity contribution >= 4 is 12.1 Å². The van der Waals surface area contributed by atoms with Gasteiger partial charge in [-0.05, 0) is 32.6 Å². The number of likely N-dealkylation sites (tertiary alicyclic amines) is 1. The summed E-state index contributed by atoms with van der Waals surface area (Å²) in [5, 5.41) is 6.74. The molecule has 0 saturated carbocycles. The smallest absolute Gasteiger partial charge is 0.409 e. The Kier molecular flexibility index (Phi) is 11.0. The summed E-state index contributed by atoms with van der Waals surface area (Å²) in [6.45, 7) is 8.33. The minimum atomic E-state index is -0.207. The number of hydrogen-bond acceptors (Lipinski definition) is 4. The van der Waals surface area contributed by atoms with Crippen LogP contribution in [0.25, 0.3) is 0 Å². The van der Waals surface area contributed by atoms with Gasteiger partial charge in [0.05, 0.1) is 6.61 Å². The van der Waals surface area contributed by atoms with E-state index < -0.39 is 0 Å². The van der Waals surface area contributed by atoms with Gasteiger partial charge in [0, 0.05) is 45.9 Å². The summed E-state index contributed by atoms with van der Waals surface area (Å²) in [5.41, 5.74) is 0. The highest BCUT2D eigenvalue weighted by molar-refractivity contribution is 5.80. The van der Waals surface area contributed by atoms with E-state index in [1.54, 1.807) is 11.9 Å². The SMILES string of the molecule is CCCCOCCCNC(=NC)NC1CCN(C(=O)OCC)CC1. The summed E-state index contributed by atoms with van der Waals surface area (Å²) in [6, 6.07) is 0.336. The Hall–Kier alpha value is -1.50. The molecule has 1 amide bonds. The van der Waals surface area contributed by atoms with Crippen LogP contribution in [0, 0.1) is 0 Å². The molecule has 24 heavy (non-hydrogen) atoms. The van der Waals surface area contributed by atoms with Crippen LogP contribution < -0.4 is 10.6 Å². The predicted octanol–water partition coefficient (Wildman–Crippen LogP) is 1.98. The maximum atomic E-state index is 11.7. The Balaban J connectivity index is 2.15. The molecule has 1 fully saturated rings. The molecule has 0 aliphatic carbocycles. The molecule has 0 radical (unpaired) electrons. The highest BCUT2D eigenvalue weighted by atomic mass is 16.6. The lowest BCUT2D eigenvalue weighted by Gasteiger charge is -2.32. The second kappa shape index (κ2) is 12.9. The van der Waals surface area contributed by atoms with Gasteiger partial charge in [0.2, 0.25) is 0 Å². The summed E-state index contributed by atoms with van der Waals surface area (Å²) < 4.78 is 10.6. The van der Waals surface area contributed by atoms with Gasteiger partial charge in [-0.1, -0.05) is 13.3 Å². The van der Waals surface area contributed by atoms with Crippen LogP contribution in [0.1, 0.15) is 46.0 Å². The van der Waals surface area contributed by atoms with Crippen LogP contribution in [-0.4, -0.2) is 69.5 Å². The molecule has 0 atom stereocenters. The zero-order valence-electron chi connectivity index (χ0n) is 15.5. The van der Waals surface area contributed by atoms with Gasteiger partial charge < -0.3 is 25.0 Å². The number of amides is 1. The van der Waals surface area contributed by atoms with Gasteiger partial charge in [-0.2, -0.15) is 0 Å². The van der Waals surface area contributed by atoms with Gasteiger partial charge in [0.15, 0.2) is 5.96 Å². The monoisotopic (exact) mass is 342 g/mol. The average molecular weight is 342 g/mol. The van der Waals surface area contributed by atoms with Crippen molar-refractivity contribution in [3.63, 3.8) is 0 Å². The van der Waals surface area contributed by atoms with E-state index in [4.69, 9.17) is 9.47 Å². The molecule has 1 rings (SSSR count). The number of carbonyl (C=O) groups is 1. The fourth-order valence-corrected chi connectivity index (χ4v) is 2.54. The maximum absolute atomic E-state index is 11.7. The first kappa shape index (κ1) is 20.5. The first-order chi connectivity index (χ1) is 11.7. The van der Waals surface area contributed by atoms with Crippen molar-refractivity contribution in [2.45, 2.75) is 52.0 Å². The predicted molar refractivity (Wildman–Crippen MR) is 96.5 cm³/mol. The number of nitrogens with one attached hydrogen (secondary N) is 2. The van der Waals surface area contributed by atoms with E-state index in [0.29, 0.717) is 12.6 Å². The zero-order chi connectivity index (χ0) is 17.6. The highest BCUT2D eigenvalue weighted by Gasteiger charge is 2.23. The molecule has 2 N–H and O–H groups in total. The molecule has 0 aromatic heterocycles. The van der Waals surface area contributed by atoms with Crippen molar-refractivity contribution in [1.29, 1.82) is 0 Å². The van der Waals surface area contributed by atoms with Gasteiger partial charge in [-0.25, -0.2) is 4.79 Å². The van der Waals surface area contributed by atoms with Gasteiger partial charge in [-0.3, -0.25) is 4.99 Å². The Labute approximate surface area is 146 Å². The Morgan fingerprint density at radius 2 is 1.92 bits per heavy atom. The summed E-state index contributed by atoms with van der Waals surface area (Å²) in [4.78, 5) is 17.7. The molecule has 0 unspecified atom stereocenters. The van der Waals surface area contributed by atoms with E-state index in [2.05, 4.69) is 22.5 Å². The quantitative estimate of drug-likeness (QED) is 0.381. The topological polar surface area (TPSA) is 75.2 Å². The van der Waals surface area contributed by atoms with E-state index in [1.807, 2.05) is 6.92 Å². The summed E-state index contributed by atoms with van der Waals surface area (Å²) >= 11 is 0. The number of nitrogens with zero attached hydrogens (tertiary/aromatic N) is 2. The van der Waals surface area contributed by atoms with E-state index in [1.165, 1.54) is 6.42 Å². The lowest BCUT2D eigenvalue weighted by molar-refractivity contribution is 0.0963. The zero-order valence-corrected chi connectivity index (χ0v) is 15.5. The third kappa shape index (κ3) is 8.38. The standard InChI is InChI=1S/C17H34N4O3/c1-4-6-13-23-14-7-10-19-16(18-3)20-15-8-11-21(12-9-15)17(22)24-5-2/h15H,4-14H2,1-3H3,(H2,18,19,20). The molecule has 1 aliphatic heterocycles. The van der Waals surface area contributed by atoms with Crippen LogP contribution in [0.15, 0.2) is 4.99 Å². The molecule has 1 heterocycles. The summed E-state index contributed by atoms with van der Waals surface area (Å²) in [7, 11) is 1.78. The fourth-order valence-electron chi connectivity index (χ4n) is 2.54. The molecule has 0 spiro atoms. The number of carbonyl (C=O) groups excluding carboxylic acids is 1. The third-order valence-corrected chi connectivity index (χ3v) is 3.99. The molecule has 0 aromatic rings. The lowest BCUT2D eigenvalue weighted by Crippen LogP contribution is -2.50. The van der Waals surface area contributed by atoms with Crippen molar-refractivity contribution in [3.05, 3.63) is 0 Å². The highest BCUT2D eigenvalue weighted by Crippen LogP contribution is 2.11. The number of aliphatic imine (C=N–C) groups is 1. The average Bonchev–Trinajstić information content (AvgIpc) is 2.60. The van der Waals surface area contributed by atoms with Crippen molar-refractivity contribution in [2.75, 3.05) is 46.5 Å². The van der Waals surface area contributed by atoms with Crippen LogP contribution in [0.2, 0.25) is 0 Å². The molecule has 140 valence electrons. The minimum absolute atomic E-state index is 0.207. The Morgan fingerprint density at radius 1 is 1.21 bits per heavy atom. The molecular weight excluding hydrogens is 308 g/mol. The maximum Gasteiger partial charge on any atom is 0.409 e. The van der Waals surface area contributed by atoms with E-state index in [-0.39, 0.29) is 6.09 Å². The second-order valence-corrected chi connectivity index (χ2v) is 5.92. The van der Waals surface area contributed by atoms with Gasteiger partial charge in [0.25, 0.3) is 0 Å². The lowest BCUT2D eigenvalue weighted by atomic mass is 10.1. The van der Waals surface area contributed by atoms with Crippen LogP contribution in [-0.2, 0) is 9.47 Å². The number of ether oxygens (including phenoxy) is 2. The normalized spacial score (nSPS) is 16.1. The van der Waals surface area contributed by atoms with E-state index in [0.717, 1.165) is 64.5 Å². The van der Waals surface area contributed by atoms with Gasteiger partial charge in [-0.15, -0.1) is 0 Å². The minimum Gasteiger partial charge on any atom is -0.450 e. The molecule has 1 aliphatic rings. The number of piperidine rings is 1. The van der Waals surface area contributed by atoms with Gasteiger partial charge >= 0.3 is 6.09 Å².